The van der Waals surface area contributed by atoms with E-state index >= 15 is 0 Å². The minimum Gasteiger partial charge on any atom is -0.357 e. The lowest BCUT2D eigenvalue weighted by Crippen LogP contribution is -2.48. The number of halogens is 2. The minimum atomic E-state index is -0.808. The molecule has 0 amide bonds. The average Bonchev–Trinajstić information content (AvgIpc) is 2.61. The quantitative estimate of drug-likeness (QED) is 0.451. The van der Waals surface area contributed by atoms with E-state index in [1.165, 1.54) is 6.07 Å². The zero-order chi connectivity index (χ0) is 18.1. The van der Waals surface area contributed by atoms with E-state index in [0.717, 1.165) is 51.0 Å². The molecular weight excluding hydrogens is 322 g/mol. The van der Waals surface area contributed by atoms with Crippen LogP contribution in [0.15, 0.2) is 35.8 Å². The molecule has 1 fully saturated rings. The number of guanidine groups is 1. The molecule has 2 N–H and O–H groups in total. The van der Waals surface area contributed by atoms with Gasteiger partial charge < -0.3 is 10.6 Å². The number of nitrogens with one attached hydrogen (secondary N) is 2. The number of rotatable bonds is 7. The van der Waals surface area contributed by atoms with Crippen LogP contribution in [0.2, 0.25) is 0 Å². The summed E-state index contributed by atoms with van der Waals surface area (Å²) in [6.07, 6.45) is 4.41. The van der Waals surface area contributed by atoms with Crippen molar-refractivity contribution >= 4 is 5.96 Å². The second-order valence-electron chi connectivity index (χ2n) is 6.23. The summed E-state index contributed by atoms with van der Waals surface area (Å²) in [5.41, 5.74) is 0.359. The first-order chi connectivity index (χ1) is 12.1. The molecule has 0 aliphatic carbocycles. The van der Waals surface area contributed by atoms with Crippen LogP contribution in [-0.2, 0) is 6.42 Å². The number of aliphatic imine (C=N–C) groups is 1. The Labute approximate surface area is 149 Å². The van der Waals surface area contributed by atoms with E-state index in [9.17, 15) is 8.78 Å². The van der Waals surface area contributed by atoms with Gasteiger partial charge in [-0.15, -0.1) is 6.58 Å². The molecule has 0 saturated carbocycles. The first-order valence-electron chi connectivity index (χ1n) is 8.95. The molecule has 0 spiro atoms. The Kier molecular flexibility index (Phi) is 7.85. The molecule has 0 atom stereocenters. The molecular formula is C19H28F2N4. The van der Waals surface area contributed by atoms with Gasteiger partial charge in [0.1, 0.15) is 0 Å². The average molecular weight is 350 g/mol. The summed E-state index contributed by atoms with van der Waals surface area (Å²) < 4.78 is 26.9. The highest BCUT2D eigenvalue weighted by Crippen LogP contribution is 2.12. The highest BCUT2D eigenvalue weighted by Gasteiger charge is 2.19. The largest absolute Gasteiger partial charge is 0.357 e. The summed E-state index contributed by atoms with van der Waals surface area (Å²) in [6.45, 7) is 9.97. The second-order valence-corrected chi connectivity index (χ2v) is 6.23. The normalized spacial score (nSPS) is 16.7. The molecule has 4 nitrogen and oxygen atoms in total. The predicted molar refractivity (Wildman–Crippen MR) is 98.8 cm³/mol. The SMILES string of the molecule is C=CCN1CCC(NC(=NCCc2cccc(F)c2F)NCC)CC1. The van der Waals surface area contributed by atoms with Gasteiger partial charge >= 0.3 is 0 Å². The lowest BCUT2D eigenvalue weighted by atomic mass is 10.1. The number of nitrogens with zero attached hydrogens (tertiary/aromatic N) is 2. The number of piperidine rings is 1. The van der Waals surface area contributed by atoms with Crippen molar-refractivity contribution in [2.75, 3.05) is 32.7 Å². The third-order valence-corrected chi connectivity index (χ3v) is 4.34. The van der Waals surface area contributed by atoms with Crippen LogP contribution in [0.1, 0.15) is 25.3 Å². The Morgan fingerprint density at radius 1 is 1.36 bits per heavy atom. The maximum atomic E-state index is 13.7. The van der Waals surface area contributed by atoms with Crippen LogP contribution in [0.5, 0.6) is 0 Å². The first kappa shape index (κ1) is 19.4. The molecule has 6 heteroatoms. The summed E-state index contributed by atoms with van der Waals surface area (Å²) in [6, 6.07) is 4.64. The molecule has 0 unspecified atom stereocenters. The molecule has 1 saturated heterocycles. The molecule has 1 aliphatic heterocycles. The summed E-state index contributed by atoms with van der Waals surface area (Å²) in [4.78, 5) is 6.88. The van der Waals surface area contributed by atoms with Gasteiger partial charge in [-0.1, -0.05) is 18.2 Å². The molecule has 1 aromatic rings. The van der Waals surface area contributed by atoms with E-state index in [4.69, 9.17) is 0 Å². The number of hydrogen-bond donors (Lipinski definition) is 2. The van der Waals surface area contributed by atoms with Gasteiger partial charge in [0.2, 0.25) is 0 Å². The van der Waals surface area contributed by atoms with E-state index in [0.29, 0.717) is 24.6 Å². The fourth-order valence-corrected chi connectivity index (χ4v) is 2.99. The van der Waals surface area contributed by atoms with E-state index in [1.807, 2.05) is 13.0 Å². The van der Waals surface area contributed by atoms with Crippen molar-refractivity contribution < 1.29 is 8.78 Å². The fraction of sp³-hybridized carbons (Fsp3) is 0.526. The fourth-order valence-electron chi connectivity index (χ4n) is 2.99. The third-order valence-electron chi connectivity index (χ3n) is 4.34. The number of likely N-dealkylation sites (tertiary alicyclic amines) is 1. The van der Waals surface area contributed by atoms with Gasteiger partial charge in [0.05, 0.1) is 0 Å². The van der Waals surface area contributed by atoms with E-state index in [-0.39, 0.29) is 0 Å². The molecule has 25 heavy (non-hydrogen) atoms. The van der Waals surface area contributed by atoms with Gasteiger partial charge in [0.25, 0.3) is 0 Å². The number of hydrogen-bond acceptors (Lipinski definition) is 2. The van der Waals surface area contributed by atoms with Crippen LogP contribution < -0.4 is 10.6 Å². The van der Waals surface area contributed by atoms with Crippen LogP contribution in [0.4, 0.5) is 8.78 Å². The van der Waals surface area contributed by atoms with Gasteiger partial charge in [0.15, 0.2) is 17.6 Å². The molecule has 1 heterocycles. The summed E-state index contributed by atoms with van der Waals surface area (Å²) in [5.74, 6) is -0.843. The lowest BCUT2D eigenvalue weighted by Gasteiger charge is -2.32. The molecule has 0 aromatic heterocycles. The molecule has 1 aromatic carbocycles. The molecule has 138 valence electrons. The first-order valence-corrected chi connectivity index (χ1v) is 8.95. The monoisotopic (exact) mass is 350 g/mol. The zero-order valence-electron chi connectivity index (χ0n) is 14.9. The zero-order valence-corrected chi connectivity index (χ0v) is 14.9. The Morgan fingerprint density at radius 2 is 2.12 bits per heavy atom. The van der Waals surface area contributed by atoms with Gasteiger partial charge in [-0.3, -0.25) is 9.89 Å². The van der Waals surface area contributed by atoms with E-state index in [2.05, 4.69) is 27.1 Å². The maximum absolute atomic E-state index is 13.7. The molecule has 1 aliphatic rings. The van der Waals surface area contributed by atoms with Crippen LogP contribution in [-0.4, -0.2) is 49.6 Å². The summed E-state index contributed by atoms with van der Waals surface area (Å²) in [5, 5.41) is 6.67. The standard InChI is InChI=1S/C19H28F2N4/c1-3-12-25-13-9-16(10-14-25)24-19(22-4-2)23-11-8-15-6-5-7-17(20)18(15)21/h3,5-7,16H,1,4,8-14H2,2H3,(H2,22,23,24). The molecule has 0 radical (unpaired) electrons. The summed E-state index contributed by atoms with van der Waals surface area (Å²) in [7, 11) is 0. The van der Waals surface area contributed by atoms with Crippen molar-refractivity contribution in [1.82, 2.24) is 15.5 Å². The van der Waals surface area contributed by atoms with Crippen LogP contribution in [0.25, 0.3) is 0 Å². The van der Waals surface area contributed by atoms with Crippen molar-refractivity contribution in [2.45, 2.75) is 32.2 Å². The molecule has 0 bridgehead atoms. The van der Waals surface area contributed by atoms with Crippen LogP contribution >= 0.6 is 0 Å². The smallest absolute Gasteiger partial charge is 0.191 e. The van der Waals surface area contributed by atoms with Crippen molar-refractivity contribution in [1.29, 1.82) is 0 Å². The highest BCUT2D eigenvalue weighted by molar-refractivity contribution is 5.80. The second kappa shape index (κ2) is 10.1. The third kappa shape index (κ3) is 6.12. The van der Waals surface area contributed by atoms with Gasteiger partial charge in [-0.05, 0) is 37.8 Å². The minimum absolute atomic E-state index is 0.359. The van der Waals surface area contributed by atoms with Crippen molar-refractivity contribution in [3.05, 3.63) is 48.1 Å². The van der Waals surface area contributed by atoms with Gasteiger partial charge in [-0.2, -0.15) is 0 Å². The maximum Gasteiger partial charge on any atom is 0.191 e. The van der Waals surface area contributed by atoms with Crippen molar-refractivity contribution in [3.8, 4) is 0 Å². The van der Waals surface area contributed by atoms with E-state index in [1.54, 1.807) is 6.07 Å². The Morgan fingerprint density at radius 3 is 2.80 bits per heavy atom. The van der Waals surface area contributed by atoms with E-state index < -0.39 is 11.6 Å². The topological polar surface area (TPSA) is 39.7 Å². The lowest BCUT2D eigenvalue weighted by molar-refractivity contribution is 0.225. The Hall–Kier alpha value is -1.95. The highest BCUT2D eigenvalue weighted by atomic mass is 19.2. The Balaban J connectivity index is 1.86. The van der Waals surface area contributed by atoms with Crippen LogP contribution in [0, 0.1) is 11.6 Å². The summed E-state index contributed by atoms with van der Waals surface area (Å²) >= 11 is 0. The van der Waals surface area contributed by atoms with Crippen molar-refractivity contribution in [3.63, 3.8) is 0 Å². The molecule has 2 rings (SSSR count). The number of benzene rings is 1. The van der Waals surface area contributed by atoms with Crippen molar-refractivity contribution in [2.24, 2.45) is 4.99 Å². The van der Waals surface area contributed by atoms with Gasteiger partial charge in [0, 0.05) is 38.8 Å². The van der Waals surface area contributed by atoms with Gasteiger partial charge in [-0.25, -0.2) is 8.78 Å². The van der Waals surface area contributed by atoms with Crippen LogP contribution in [0.3, 0.4) is 0 Å². The Bertz CT molecular complexity index is 581. The predicted octanol–water partition coefficient (Wildman–Crippen LogP) is 2.71.